The lowest BCUT2D eigenvalue weighted by molar-refractivity contribution is 0.851. The van der Waals surface area contributed by atoms with Gasteiger partial charge in [0.2, 0.25) is 0 Å². The molecule has 0 saturated heterocycles. The summed E-state index contributed by atoms with van der Waals surface area (Å²) in [4.78, 5) is 0. The van der Waals surface area contributed by atoms with Crippen molar-refractivity contribution in [1.29, 1.82) is 0 Å². The highest BCUT2D eigenvalue weighted by molar-refractivity contribution is 7.16. The minimum absolute atomic E-state index is 0.447. The highest BCUT2D eigenvalue weighted by Gasteiger charge is 2.48. The van der Waals surface area contributed by atoms with Crippen molar-refractivity contribution in [2.75, 3.05) is 0 Å². The number of allylic oxidation sites excluding steroid dienone is 4. The van der Waals surface area contributed by atoms with E-state index in [0.29, 0.717) is 5.92 Å². The highest BCUT2D eigenvalue weighted by atomic mass is 28.3. The summed E-state index contributed by atoms with van der Waals surface area (Å²) in [5.41, 5.74) is 10.1. The van der Waals surface area contributed by atoms with E-state index in [4.69, 9.17) is 0 Å². The van der Waals surface area contributed by atoms with E-state index in [1.54, 1.807) is 10.4 Å². The van der Waals surface area contributed by atoms with Gasteiger partial charge in [0.1, 0.15) is 0 Å². The van der Waals surface area contributed by atoms with Crippen molar-refractivity contribution in [2.45, 2.75) is 68.2 Å². The van der Waals surface area contributed by atoms with Crippen LogP contribution in [0.4, 0.5) is 0 Å². The molecule has 0 spiro atoms. The van der Waals surface area contributed by atoms with Gasteiger partial charge in [-0.3, -0.25) is 0 Å². The van der Waals surface area contributed by atoms with Gasteiger partial charge in [0.05, 0.1) is 0 Å². The maximum atomic E-state index is 2.55. The molecule has 1 atom stereocenters. The molecule has 0 amide bonds. The Morgan fingerprint density at radius 3 is 1.50 bits per heavy atom. The van der Waals surface area contributed by atoms with Crippen LogP contribution in [-0.2, 0) is 12.8 Å². The molecule has 1 aliphatic carbocycles. The highest BCUT2D eigenvalue weighted by Crippen LogP contribution is 2.41. The first-order chi connectivity index (χ1) is 16.2. The molecule has 1 heteroatoms. The topological polar surface area (TPSA) is 0 Å². The number of aryl methyl sites for hydroxylation is 4. The van der Waals surface area contributed by atoms with E-state index in [9.17, 15) is 0 Å². The number of hydrogen-bond acceptors (Lipinski definition) is 0. The molecule has 0 bridgehead atoms. The largest absolute Gasteiger partial charge is 0.176 e. The van der Waals surface area contributed by atoms with Crippen molar-refractivity contribution in [1.82, 2.24) is 0 Å². The fraction of sp³-hybridized carbons (Fsp3) is 0.333. The van der Waals surface area contributed by atoms with E-state index < -0.39 is 8.07 Å². The lowest BCUT2D eigenvalue weighted by Gasteiger charge is -2.39. The van der Waals surface area contributed by atoms with Crippen LogP contribution < -0.4 is 15.6 Å². The first-order valence-electron chi connectivity index (χ1n) is 12.9. The van der Waals surface area contributed by atoms with Gasteiger partial charge in [-0.05, 0) is 85.6 Å². The zero-order valence-corrected chi connectivity index (χ0v) is 23.3. The molecule has 0 saturated carbocycles. The lowest BCUT2D eigenvalue weighted by atomic mass is 10.1. The summed E-state index contributed by atoms with van der Waals surface area (Å²) in [5.74, 6) is 0.447. The van der Waals surface area contributed by atoms with Gasteiger partial charge < -0.3 is 0 Å². The molecule has 3 aromatic rings. The first kappa shape index (κ1) is 24.5. The van der Waals surface area contributed by atoms with E-state index in [1.807, 2.05) is 0 Å². The minimum atomic E-state index is -2.52. The van der Waals surface area contributed by atoms with Gasteiger partial charge in [-0.25, -0.2) is 0 Å². The zero-order valence-electron chi connectivity index (χ0n) is 22.3. The van der Waals surface area contributed by atoms with Crippen molar-refractivity contribution in [3.63, 3.8) is 0 Å². The Balaban J connectivity index is 2.24. The Kier molecular flexibility index (Phi) is 6.87. The maximum Gasteiger partial charge on any atom is 0.176 e. The summed E-state index contributed by atoms with van der Waals surface area (Å²) < 4.78 is 0. The molecule has 0 nitrogen and oxygen atoms in total. The van der Waals surface area contributed by atoms with E-state index in [1.165, 1.54) is 49.3 Å². The van der Waals surface area contributed by atoms with Crippen LogP contribution in [0.25, 0.3) is 0 Å². The van der Waals surface area contributed by atoms with E-state index in [2.05, 4.69) is 122 Å². The van der Waals surface area contributed by atoms with Gasteiger partial charge in [-0.1, -0.05) is 115 Å². The average molecular weight is 465 g/mol. The zero-order chi connectivity index (χ0) is 24.6. The molecular weight excluding hydrogens is 424 g/mol. The van der Waals surface area contributed by atoms with Gasteiger partial charge in [0, 0.05) is 0 Å². The van der Waals surface area contributed by atoms with Crippen molar-refractivity contribution in [3.8, 4) is 0 Å². The molecule has 3 aromatic carbocycles. The Morgan fingerprint density at radius 1 is 0.618 bits per heavy atom. The molecule has 34 heavy (non-hydrogen) atoms. The van der Waals surface area contributed by atoms with Crippen LogP contribution in [0.3, 0.4) is 0 Å². The molecule has 0 heterocycles. The Labute approximate surface area is 208 Å². The van der Waals surface area contributed by atoms with Crippen molar-refractivity contribution < 1.29 is 0 Å². The van der Waals surface area contributed by atoms with Crippen LogP contribution in [-0.4, -0.2) is 8.07 Å². The molecule has 0 N–H and O–H groups in total. The van der Waals surface area contributed by atoms with Gasteiger partial charge in [-0.15, -0.1) is 0 Å². The number of rotatable bonds is 6. The van der Waals surface area contributed by atoms with Gasteiger partial charge in [0.15, 0.2) is 8.07 Å². The molecule has 0 fully saturated rings. The minimum Gasteiger partial charge on any atom is -0.0636 e. The van der Waals surface area contributed by atoms with Crippen LogP contribution in [0.2, 0.25) is 0 Å². The smallest absolute Gasteiger partial charge is 0.0636 e. The third-order valence-electron chi connectivity index (χ3n) is 8.25. The third-order valence-corrected chi connectivity index (χ3v) is 13.4. The van der Waals surface area contributed by atoms with E-state index in [0.717, 1.165) is 12.8 Å². The molecule has 4 rings (SSSR count). The summed E-state index contributed by atoms with van der Waals surface area (Å²) in [6.07, 6.45) is 2.13. The maximum absolute atomic E-state index is 2.55. The van der Waals surface area contributed by atoms with Gasteiger partial charge in [-0.2, -0.15) is 0 Å². The molecule has 0 aromatic heterocycles. The standard InChI is InChI=1S/C33H40Si/c1-9-28-19-29(10-2)21-32(20-28)34(30-15-11-13-22(3)17-30,31-16-12-14-23(4)18-31)33-26(7)24(5)25(6)27(33)8/h11-21,26H,9-10H2,1-8H3. The second-order valence-corrected chi connectivity index (χ2v) is 14.1. The quantitative estimate of drug-likeness (QED) is 0.280. The summed E-state index contributed by atoms with van der Waals surface area (Å²) in [6.45, 7) is 18.6. The van der Waals surface area contributed by atoms with Crippen LogP contribution >= 0.6 is 0 Å². The molecular formula is C33H40Si. The lowest BCUT2D eigenvalue weighted by Crippen LogP contribution is -2.69. The summed E-state index contributed by atoms with van der Waals surface area (Å²) >= 11 is 0. The predicted octanol–water partition coefficient (Wildman–Crippen LogP) is 6.74. The fourth-order valence-electron chi connectivity index (χ4n) is 6.08. The third kappa shape index (κ3) is 3.94. The Bertz CT molecular complexity index is 1220. The predicted molar refractivity (Wildman–Crippen MR) is 152 cm³/mol. The molecule has 0 aliphatic heterocycles. The van der Waals surface area contributed by atoms with Gasteiger partial charge in [0.25, 0.3) is 0 Å². The molecule has 1 aliphatic rings. The second-order valence-electron chi connectivity index (χ2n) is 10.3. The average Bonchev–Trinajstić information content (AvgIpc) is 3.03. The van der Waals surface area contributed by atoms with Crippen molar-refractivity contribution in [2.24, 2.45) is 5.92 Å². The molecule has 1 unspecified atom stereocenters. The van der Waals surface area contributed by atoms with Crippen molar-refractivity contribution in [3.05, 3.63) is 111 Å². The van der Waals surface area contributed by atoms with E-state index >= 15 is 0 Å². The Morgan fingerprint density at radius 2 is 1.12 bits per heavy atom. The molecule has 176 valence electrons. The summed E-state index contributed by atoms with van der Waals surface area (Å²) in [6, 6.07) is 26.3. The second kappa shape index (κ2) is 9.54. The number of benzene rings is 3. The van der Waals surface area contributed by atoms with Crippen LogP contribution in [0.15, 0.2) is 88.6 Å². The number of hydrogen-bond donors (Lipinski definition) is 0. The summed E-state index contributed by atoms with van der Waals surface area (Å²) in [7, 11) is -2.52. The van der Waals surface area contributed by atoms with Crippen molar-refractivity contribution >= 4 is 23.6 Å². The SMILES string of the molecule is CCc1cc(CC)cc([Si](C2=C(C)C(C)=C(C)C2C)(c2cccc(C)c2)c2cccc(C)c2)c1. The van der Waals surface area contributed by atoms with Crippen LogP contribution in [0.1, 0.15) is 63.8 Å². The van der Waals surface area contributed by atoms with E-state index in [-0.39, 0.29) is 0 Å². The van der Waals surface area contributed by atoms with Crippen LogP contribution in [0, 0.1) is 19.8 Å². The van der Waals surface area contributed by atoms with Crippen LogP contribution in [0.5, 0.6) is 0 Å². The Hall–Kier alpha value is -2.64. The fourth-order valence-corrected chi connectivity index (χ4v) is 12.0. The molecule has 0 radical (unpaired) electrons. The van der Waals surface area contributed by atoms with Gasteiger partial charge >= 0.3 is 0 Å². The summed E-state index contributed by atoms with van der Waals surface area (Å²) in [5, 5.41) is 6.24. The normalized spacial score (nSPS) is 16.5. The monoisotopic (exact) mass is 464 g/mol. The first-order valence-corrected chi connectivity index (χ1v) is 14.9.